The number of hydrogen-bond acceptors (Lipinski definition) is 6. The molecule has 8 heteroatoms. The molecule has 0 N–H and O–H groups in total. The molecule has 0 radical (unpaired) electrons. The van der Waals surface area contributed by atoms with Crippen molar-refractivity contribution in [2.24, 2.45) is 0 Å². The second-order valence-electron chi connectivity index (χ2n) is 8.04. The first-order chi connectivity index (χ1) is 17.0. The molecule has 0 aromatic heterocycles. The molecule has 0 bridgehead atoms. The highest BCUT2D eigenvalue weighted by molar-refractivity contribution is 6.02. The quantitative estimate of drug-likeness (QED) is 0.220. The smallest absolute Gasteiger partial charge is 0.269 e. The lowest BCUT2D eigenvalue weighted by molar-refractivity contribution is -0.384. The molecule has 1 fully saturated rings. The van der Waals surface area contributed by atoms with Crippen molar-refractivity contribution in [3.8, 4) is 11.8 Å². The molecule has 8 nitrogen and oxygen atoms in total. The Morgan fingerprint density at radius 2 is 1.71 bits per heavy atom. The van der Waals surface area contributed by atoms with Crippen LogP contribution in [0.25, 0.3) is 6.08 Å². The first-order valence-electron chi connectivity index (χ1n) is 11.2. The highest BCUT2D eigenvalue weighted by Crippen LogP contribution is 2.24. The number of ether oxygens (including phenoxy) is 1. The first kappa shape index (κ1) is 23.5. The minimum absolute atomic E-state index is 0.0102. The van der Waals surface area contributed by atoms with Crippen molar-refractivity contribution in [2.45, 2.75) is 6.61 Å². The van der Waals surface area contributed by atoms with Crippen molar-refractivity contribution >= 4 is 23.4 Å². The van der Waals surface area contributed by atoms with Gasteiger partial charge in [-0.1, -0.05) is 48.5 Å². The van der Waals surface area contributed by atoms with Crippen LogP contribution in [0.1, 0.15) is 11.1 Å². The van der Waals surface area contributed by atoms with E-state index in [1.807, 2.05) is 36.4 Å². The monoisotopic (exact) mass is 468 g/mol. The maximum Gasteiger partial charge on any atom is 0.269 e. The lowest BCUT2D eigenvalue weighted by atomic mass is 10.1. The second-order valence-corrected chi connectivity index (χ2v) is 8.04. The zero-order valence-corrected chi connectivity index (χ0v) is 19.0. The number of amides is 1. The number of non-ortho nitro benzene ring substituents is 1. The number of rotatable bonds is 7. The first-order valence-corrected chi connectivity index (χ1v) is 11.2. The van der Waals surface area contributed by atoms with Gasteiger partial charge in [-0.25, -0.2) is 0 Å². The number of anilines is 1. The van der Waals surface area contributed by atoms with E-state index in [-0.39, 0.29) is 23.8 Å². The van der Waals surface area contributed by atoms with Crippen LogP contribution in [0.2, 0.25) is 0 Å². The fourth-order valence-corrected chi connectivity index (χ4v) is 3.93. The van der Waals surface area contributed by atoms with Crippen LogP contribution in [0.5, 0.6) is 5.75 Å². The molecular formula is C27H24N4O4. The lowest BCUT2D eigenvalue weighted by Gasteiger charge is -2.36. The predicted molar refractivity (Wildman–Crippen MR) is 133 cm³/mol. The number of hydrogen-bond donors (Lipinski definition) is 0. The number of nitro benzene ring substituents is 1. The standard InChI is InChI=1S/C27H24N4O4/c28-19-23(27(32)30-15-13-29(14-16-30)24-9-2-1-3-10-24)18-22-8-4-5-12-26(22)35-20-21-7-6-11-25(17-21)31(33)34/h1-12,17-18H,13-16,20H2/b23-18-. The van der Waals surface area contributed by atoms with Crippen molar-refractivity contribution in [2.75, 3.05) is 31.1 Å². The van der Waals surface area contributed by atoms with E-state index in [1.165, 1.54) is 18.2 Å². The Morgan fingerprint density at radius 1 is 1.00 bits per heavy atom. The van der Waals surface area contributed by atoms with Gasteiger partial charge in [-0.15, -0.1) is 0 Å². The Morgan fingerprint density at radius 3 is 2.43 bits per heavy atom. The van der Waals surface area contributed by atoms with Gasteiger partial charge in [0.1, 0.15) is 24.0 Å². The summed E-state index contributed by atoms with van der Waals surface area (Å²) in [5.74, 6) is 0.169. The zero-order valence-electron chi connectivity index (χ0n) is 19.0. The zero-order chi connectivity index (χ0) is 24.6. The van der Waals surface area contributed by atoms with E-state index in [4.69, 9.17) is 4.74 Å². The molecule has 0 atom stereocenters. The van der Waals surface area contributed by atoms with Gasteiger partial charge < -0.3 is 14.5 Å². The number of nitrogens with zero attached hydrogens (tertiary/aromatic N) is 4. The number of piperazine rings is 1. The van der Waals surface area contributed by atoms with Gasteiger partial charge in [0.2, 0.25) is 0 Å². The topological polar surface area (TPSA) is 99.7 Å². The fraction of sp³-hybridized carbons (Fsp3) is 0.185. The van der Waals surface area contributed by atoms with Gasteiger partial charge in [0.25, 0.3) is 11.6 Å². The number of benzene rings is 3. The van der Waals surface area contributed by atoms with E-state index >= 15 is 0 Å². The van der Waals surface area contributed by atoms with Crippen LogP contribution < -0.4 is 9.64 Å². The van der Waals surface area contributed by atoms with Crippen molar-refractivity contribution in [3.05, 3.63) is 106 Å². The summed E-state index contributed by atoms with van der Waals surface area (Å²) < 4.78 is 5.88. The molecule has 1 aliphatic heterocycles. The summed E-state index contributed by atoms with van der Waals surface area (Å²) >= 11 is 0. The van der Waals surface area contributed by atoms with Gasteiger partial charge in [-0.3, -0.25) is 14.9 Å². The van der Waals surface area contributed by atoms with Crippen LogP contribution in [0.4, 0.5) is 11.4 Å². The molecule has 3 aromatic carbocycles. The van der Waals surface area contributed by atoms with E-state index in [1.54, 1.807) is 41.3 Å². The van der Waals surface area contributed by atoms with E-state index in [9.17, 15) is 20.2 Å². The summed E-state index contributed by atoms with van der Waals surface area (Å²) in [5, 5.41) is 20.7. The third-order valence-corrected chi connectivity index (χ3v) is 5.77. The third kappa shape index (κ3) is 5.84. The minimum Gasteiger partial charge on any atom is -0.488 e. The van der Waals surface area contributed by atoms with Crippen molar-refractivity contribution in [1.82, 2.24) is 4.90 Å². The van der Waals surface area contributed by atoms with E-state index in [0.29, 0.717) is 43.1 Å². The lowest BCUT2D eigenvalue weighted by Crippen LogP contribution is -2.49. The van der Waals surface area contributed by atoms with E-state index in [0.717, 1.165) is 5.69 Å². The molecule has 3 aromatic rings. The van der Waals surface area contributed by atoms with Crippen LogP contribution in [0.15, 0.2) is 84.4 Å². The number of para-hydroxylation sites is 2. The van der Waals surface area contributed by atoms with Crippen LogP contribution in [-0.4, -0.2) is 41.9 Å². The normalized spacial score (nSPS) is 13.7. The SMILES string of the molecule is N#C/C(=C/c1ccccc1OCc1cccc([N+](=O)[O-])c1)C(=O)N1CCN(c2ccccc2)CC1. The number of carbonyl (C=O) groups is 1. The van der Waals surface area contributed by atoms with Gasteiger partial charge in [0, 0.05) is 49.6 Å². The Labute approximate surface area is 203 Å². The van der Waals surface area contributed by atoms with Gasteiger partial charge in [-0.2, -0.15) is 5.26 Å². The number of nitriles is 1. The highest BCUT2D eigenvalue weighted by atomic mass is 16.6. The average Bonchev–Trinajstić information content (AvgIpc) is 2.91. The summed E-state index contributed by atoms with van der Waals surface area (Å²) in [7, 11) is 0. The fourth-order valence-electron chi connectivity index (χ4n) is 3.93. The molecule has 1 heterocycles. The summed E-state index contributed by atoms with van der Waals surface area (Å²) in [4.78, 5) is 27.5. The van der Waals surface area contributed by atoms with Crippen LogP contribution in [0, 0.1) is 21.4 Å². The molecule has 1 saturated heterocycles. The van der Waals surface area contributed by atoms with Gasteiger partial charge in [-0.05, 0) is 29.8 Å². The summed E-state index contributed by atoms with van der Waals surface area (Å²) in [6.45, 7) is 2.55. The largest absolute Gasteiger partial charge is 0.488 e. The summed E-state index contributed by atoms with van der Waals surface area (Å²) in [6.07, 6.45) is 1.54. The van der Waals surface area contributed by atoms with Crippen molar-refractivity contribution < 1.29 is 14.5 Å². The van der Waals surface area contributed by atoms with Gasteiger partial charge in [0.15, 0.2) is 0 Å². The molecule has 0 aliphatic carbocycles. The van der Waals surface area contributed by atoms with Crippen LogP contribution >= 0.6 is 0 Å². The number of nitro groups is 1. The highest BCUT2D eigenvalue weighted by Gasteiger charge is 2.24. The van der Waals surface area contributed by atoms with Gasteiger partial charge in [0.05, 0.1) is 4.92 Å². The molecule has 0 saturated carbocycles. The van der Waals surface area contributed by atoms with Crippen LogP contribution in [0.3, 0.4) is 0 Å². The minimum atomic E-state index is -0.454. The summed E-state index contributed by atoms with van der Waals surface area (Å²) in [6, 6.07) is 25.4. The van der Waals surface area contributed by atoms with E-state index < -0.39 is 4.92 Å². The van der Waals surface area contributed by atoms with Gasteiger partial charge >= 0.3 is 0 Å². The average molecular weight is 469 g/mol. The Hall–Kier alpha value is -4.64. The van der Waals surface area contributed by atoms with Crippen LogP contribution in [-0.2, 0) is 11.4 Å². The van der Waals surface area contributed by atoms with E-state index in [2.05, 4.69) is 4.90 Å². The molecule has 4 rings (SSSR count). The third-order valence-electron chi connectivity index (χ3n) is 5.77. The second kappa shape index (κ2) is 11.0. The Balaban J connectivity index is 1.44. The molecular weight excluding hydrogens is 444 g/mol. The maximum absolute atomic E-state index is 13.1. The molecule has 1 aliphatic rings. The molecule has 0 unspecified atom stereocenters. The number of carbonyl (C=O) groups excluding carboxylic acids is 1. The molecule has 35 heavy (non-hydrogen) atoms. The summed E-state index contributed by atoms with van der Waals surface area (Å²) in [5.41, 5.74) is 2.37. The van der Waals surface area contributed by atoms with Crippen molar-refractivity contribution in [1.29, 1.82) is 5.26 Å². The Kier molecular flexibility index (Phi) is 7.38. The molecule has 176 valence electrons. The Bertz CT molecular complexity index is 1280. The van der Waals surface area contributed by atoms with Crippen molar-refractivity contribution in [3.63, 3.8) is 0 Å². The molecule has 0 spiro atoms. The maximum atomic E-state index is 13.1. The molecule has 1 amide bonds. The predicted octanol–water partition coefficient (Wildman–Crippen LogP) is 4.43.